The molecule has 1 fully saturated rings. The fraction of sp³-hybridized carbons (Fsp3) is 0.455. The minimum atomic E-state index is 0.385. The normalized spacial score (nSPS) is 21.9. The molecule has 1 nitrogen and oxygen atoms in total. The van der Waals surface area contributed by atoms with Crippen LogP contribution in [0, 0.1) is 0 Å². The van der Waals surface area contributed by atoms with E-state index >= 15 is 0 Å². The highest BCUT2D eigenvalue weighted by Crippen LogP contribution is 2.28. The molecule has 1 atom stereocenters. The average molecular weight is 162 g/mol. The van der Waals surface area contributed by atoms with E-state index in [0.717, 1.165) is 13.0 Å². The van der Waals surface area contributed by atoms with Gasteiger partial charge in [-0.3, -0.25) is 0 Å². The van der Waals surface area contributed by atoms with Crippen LogP contribution in [-0.2, 0) is 11.2 Å². The van der Waals surface area contributed by atoms with Crippen LogP contribution in [0.15, 0.2) is 24.3 Å². The lowest BCUT2D eigenvalue weighted by molar-refractivity contribution is -0.0527. The summed E-state index contributed by atoms with van der Waals surface area (Å²) < 4.78 is 5.39. The van der Waals surface area contributed by atoms with Gasteiger partial charge in [-0.05, 0) is 17.5 Å². The summed E-state index contributed by atoms with van der Waals surface area (Å²) in [6, 6.07) is 8.75. The zero-order valence-corrected chi connectivity index (χ0v) is 7.42. The van der Waals surface area contributed by atoms with Gasteiger partial charge in [-0.25, -0.2) is 0 Å². The number of aryl methyl sites for hydroxylation is 1. The van der Waals surface area contributed by atoms with Gasteiger partial charge in [0.2, 0.25) is 0 Å². The predicted octanol–water partition coefficient (Wildman–Crippen LogP) is 2.71. The number of hydrogen-bond donors (Lipinski definition) is 0. The first kappa shape index (κ1) is 7.81. The summed E-state index contributed by atoms with van der Waals surface area (Å²) in [7, 11) is 0. The molecular formula is C11H14O. The third-order valence-corrected chi connectivity index (χ3v) is 2.46. The van der Waals surface area contributed by atoms with Crippen molar-refractivity contribution < 1.29 is 4.74 Å². The van der Waals surface area contributed by atoms with Crippen LogP contribution in [0.2, 0.25) is 0 Å². The van der Waals surface area contributed by atoms with Crippen LogP contribution in [0.4, 0.5) is 0 Å². The maximum Gasteiger partial charge on any atom is 0.0846 e. The van der Waals surface area contributed by atoms with Crippen molar-refractivity contribution in [3.8, 4) is 0 Å². The Morgan fingerprint density at radius 2 is 2.00 bits per heavy atom. The number of hydrogen-bond acceptors (Lipinski definition) is 1. The van der Waals surface area contributed by atoms with E-state index in [9.17, 15) is 0 Å². The summed E-state index contributed by atoms with van der Waals surface area (Å²) in [5.74, 6) is 0. The highest BCUT2D eigenvalue weighted by Gasteiger charge is 2.19. The van der Waals surface area contributed by atoms with Gasteiger partial charge in [0.25, 0.3) is 0 Å². The minimum Gasteiger partial charge on any atom is -0.373 e. The van der Waals surface area contributed by atoms with Crippen molar-refractivity contribution in [3.63, 3.8) is 0 Å². The van der Waals surface area contributed by atoms with Crippen molar-refractivity contribution in [2.24, 2.45) is 0 Å². The van der Waals surface area contributed by atoms with E-state index in [2.05, 4.69) is 31.2 Å². The first-order chi connectivity index (χ1) is 5.90. The zero-order chi connectivity index (χ0) is 8.39. The Morgan fingerprint density at radius 3 is 2.42 bits per heavy atom. The molecule has 0 N–H and O–H groups in total. The molecule has 1 unspecified atom stereocenters. The topological polar surface area (TPSA) is 9.23 Å². The zero-order valence-electron chi connectivity index (χ0n) is 7.42. The average Bonchev–Trinajstić information content (AvgIpc) is 2.03. The fourth-order valence-electron chi connectivity index (χ4n) is 1.47. The van der Waals surface area contributed by atoms with Crippen LogP contribution in [0.25, 0.3) is 0 Å². The van der Waals surface area contributed by atoms with Crippen LogP contribution in [0.3, 0.4) is 0 Å². The summed E-state index contributed by atoms with van der Waals surface area (Å²) in [4.78, 5) is 0. The summed E-state index contributed by atoms with van der Waals surface area (Å²) in [6.45, 7) is 3.11. The molecule has 1 aromatic rings. The summed E-state index contributed by atoms with van der Waals surface area (Å²) in [5.41, 5.74) is 2.73. The van der Waals surface area contributed by atoms with Gasteiger partial charge in [-0.2, -0.15) is 0 Å². The molecule has 2 rings (SSSR count). The van der Waals surface area contributed by atoms with E-state index in [0.29, 0.717) is 6.10 Å². The van der Waals surface area contributed by atoms with Crippen LogP contribution >= 0.6 is 0 Å². The van der Waals surface area contributed by atoms with Gasteiger partial charge in [0, 0.05) is 6.42 Å². The van der Waals surface area contributed by atoms with E-state index < -0.39 is 0 Å². The molecular weight excluding hydrogens is 148 g/mol. The SMILES string of the molecule is CCc1ccc(C2CCO2)cc1. The lowest BCUT2D eigenvalue weighted by Crippen LogP contribution is -2.17. The standard InChI is InChI=1S/C11H14O/c1-2-9-3-5-10(6-4-9)11-7-8-12-11/h3-6,11H,2,7-8H2,1H3. The molecule has 0 amide bonds. The van der Waals surface area contributed by atoms with Crippen LogP contribution in [-0.4, -0.2) is 6.61 Å². The quantitative estimate of drug-likeness (QED) is 0.649. The lowest BCUT2D eigenvalue weighted by Gasteiger charge is -2.26. The Balaban J connectivity index is 2.13. The highest BCUT2D eigenvalue weighted by molar-refractivity contribution is 5.24. The highest BCUT2D eigenvalue weighted by atomic mass is 16.5. The van der Waals surface area contributed by atoms with Gasteiger partial charge in [-0.15, -0.1) is 0 Å². The van der Waals surface area contributed by atoms with Crippen LogP contribution < -0.4 is 0 Å². The second kappa shape index (κ2) is 3.28. The van der Waals surface area contributed by atoms with E-state index in [1.807, 2.05) is 0 Å². The molecule has 1 saturated heterocycles. The third-order valence-electron chi connectivity index (χ3n) is 2.46. The van der Waals surface area contributed by atoms with E-state index in [4.69, 9.17) is 4.74 Å². The largest absolute Gasteiger partial charge is 0.373 e. The molecule has 0 aliphatic carbocycles. The monoisotopic (exact) mass is 162 g/mol. The van der Waals surface area contributed by atoms with Crippen molar-refractivity contribution in [3.05, 3.63) is 35.4 Å². The van der Waals surface area contributed by atoms with Crippen LogP contribution in [0.5, 0.6) is 0 Å². The first-order valence-electron chi connectivity index (χ1n) is 4.60. The van der Waals surface area contributed by atoms with Gasteiger partial charge in [-0.1, -0.05) is 31.2 Å². The number of ether oxygens (including phenoxy) is 1. The third kappa shape index (κ3) is 1.37. The van der Waals surface area contributed by atoms with Gasteiger partial charge < -0.3 is 4.74 Å². The molecule has 64 valence electrons. The summed E-state index contributed by atoms with van der Waals surface area (Å²) in [5, 5.41) is 0. The molecule has 1 aromatic carbocycles. The van der Waals surface area contributed by atoms with E-state index in [1.165, 1.54) is 17.5 Å². The van der Waals surface area contributed by atoms with E-state index in [-0.39, 0.29) is 0 Å². The maximum atomic E-state index is 5.39. The molecule has 0 aromatic heterocycles. The first-order valence-corrected chi connectivity index (χ1v) is 4.60. The van der Waals surface area contributed by atoms with E-state index in [1.54, 1.807) is 0 Å². The smallest absolute Gasteiger partial charge is 0.0846 e. The Bertz CT molecular complexity index is 246. The van der Waals surface area contributed by atoms with Crippen molar-refractivity contribution in [1.82, 2.24) is 0 Å². The Labute approximate surface area is 73.4 Å². The van der Waals surface area contributed by atoms with Gasteiger partial charge in [0.05, 0.1) is 12.7 Å². The number of benzene rings is 1. The van der Waals surface area contributed by atoms with Gasteiger partial charge in [0.1, 0.15) is 0 Å². The summed E-state index contributed by atoms with van der Waals surface area (Å²) in [6.07, 6.45) is 2.69. The molecule has 1 aliphatic heterocycles. The maximum absolute atomic E-state index is 5.39. The second-order valence-electron chi connectivity index (χ2n) is 3.24. The van der Waals surface area contributed by atoms with Gasteiger partial charge in [0.15, 0.2) is 0 Å². The second-order valence-corrected chi connectivity index (χ2v) is 3.24. The molecule has 1 aliphatic rings. The Hall–Kier alpha value is -0.820. The molecule has 0 bridgehead atoms. The Kier molecular flexibility index (Phi) is 2.13. The summed E-state index contributed by atoms with van der Waals surface area (Å²) >= 11 is 0. The fourth-order valence-corrected chi connectivity index (χ4v) is 1.47. The van der Waals surface area contributed by atoms with Crippen molar-refractivity contribution in [2.75, 3.05) is 6.61 Å². The molecule has 1 heterocycles. The molecule has 0 saturated carbocycles. The molecule has 0 radical (unpaired) electrons. The molecule has 0 spiro atoms. The van der Waals surface area contributed by atoms with Crippen LogP contribution in [0.1, 0.15) is 30.6 Å². The van der Waals surface area contributed by atoms with Crippen molar-refractivity contribution in [2.45, 2.75) is 25.9 Å². The van der Waals surface area contributed by atoms with Crippen molar-refractivity contribution in [1.29, 1.82) is 0 Å². The predicted molar refractivity (Wildman–Crippen MR) is 49.1 cm³/mol. The minimum absolute atomic E-state index is 0.385. The van der Waals surface area contributed by atoms with Crippen molar-refractivity contribution >= 4 is 0 Å². The number of rotatable bonds is 2. The lowest BCUT2D eigenvalue weighted by atomic mass is 10.0. The van der Waals surface area contributed by atoms with Gasteiger partial charge >= 0.3 is 0 Å². The Morgan fingerprint density at radius 1 is 1.33 bits per heavy atom. The molecule has 1 heteroatoms. The molecule has 12 heavy (non-hydrogen) atoms.